The van der Waals surface area contributed by atoms with E-state index in [-0.39, 0.29) is 49.6 Å². The van der Waals surface area contributed by atoms with Gasteiger partial charge in [0.1, 0.15) is 24.6 Å². The van der Waals surface area contributed by atoms with Gasteiger partial charge in [-0.15, -0.1) is 0 Å². The standard InChI is InChI=1S/C20H28N2O6/c1-3-6-21-18(24)9-13-8-15-14-7-12(22-19(25)11-26-2)4-5-16(14)28-20(15)17(10-23)27-13/h4-5,7,13,15,17,20,23H,3,6,8-11H2,1-2H3,(H,21,24)(H,22,25)/t13-,15-,17+,20+/m0/s1. The Balaban J connectivity index is 1.74. The first-order valence-electron chi connectivity index (χ1n) is 9.68. The van der Waals surface area contributed by atoms with Crippen LogP contribution in [0.2, 0.25) is 0 Å². The molecule has 2 aliphatic rings. The average molecular weight is 392 g/mol. The van der Waals surface area contributed by atoms with Crippen LogP contribution < -0.4 is 15.4 Å². The van der Waals surface area contributed by atoms with Crippen molar-refractivity contribution in [3.8, 4) is 5.75 Å². The van der Waals surface area contributed by atoms with Crippen LogP contribution in [0.15, 0.2) is 18.2 Å². The number of nitrogens with one attached hydrogen (secondary N) is 2. The van der Waals surface area contributed by atoms with Gasteiger partial charge in [0.2, 0.25) is 11.8 Å². The second-order valence-corrected chi connectivity index (χ2v) is 7.19. The molecule has 4 atom stereocenters. The summed E-state index contributed by atoms with van der Waals surface area (Å²) >= 11 is 0. The molecule has 3 rings (SSSR count). The van der Waals surface area contributed by atoms with Crippen LogP contribution >= 0.6 is 0 Å². The Kier molecular flexibility index (Phi) is 6.88. The van der Waals surface area contributed by atoms with Crippen LogP contribution in [0, 0.1) is 0 Å². The highest BCUT2D eigenvalue weighted by atomic mass is 16.6. The van der Waals surface area contributed by atoms with E-state index in [2.05, 4.69) is 10.6 Å². The van der Waals surface area contributed by atoms with Crippen LogP contribution in [0.3, 0.4) is 0 Å². The van der Waals surface area contributed by atoms with Gasteiger partial charge in [0.05, 0.1) is 19.1 Å². The van der Waals surface area contributed by atoms with E-state index in [4.69, 9.17) is 14.2 Å². The molecular formula is C20H28N2O6. The number of methoxy groups -OCH3 is 1. The molecule has 3 N–H and O–H groups in total. The number of carbonyl (C=O) groups excluding carboxylic acids is 2. The highest BCUT2D eigenvalue weighted by Crippen LogP contribution is 2.47. The van der Waals surface area contributed by atoms with Crippen LogP contribution in [0.1, 0.15) is 37.7 Å². The number of aliphatic hydroxyl groups is 1. The van der Waals surface area contributed by atoms with Gasteiger partial charge >= 0.3 is 0 Å². The second-order valence-electron chi connectivity index (χ2n) is 7.19. The predicted molar refractivity (Wildman–Crippen MR) is 102 cm³/mol. The van der Waals surface area contributed by atoms with Crippen molar-refractivity contribution >= 4 is 17.5 Å². The minimum absolute atomic E-state index is 0.0100. The average Bonchev–Trinajstić information content (AvgIpc) is 3.04. The quantitative estimate of drug-likeness (QED) is 0.614. The second kappa shape index (κ2) is 9.36. The van der Waals surface area contributed by atoms with E-state index in [0.29, 0.717) is 18.7 Å². The third-order valence-electron chi connectivity index (χ3n) is 5.04. The van der Waals surface area contributed by atoms with Crippen LogP contribution in [-0.2, 0) is 19.1 Å². The number of benzene rings is 1. The normalized spacial score (nSPS) is 25.4. The van der Waals surface area contributed by atoms with Crippen LogP contribution in [0.25, 0.3) is 0 Å². The van der Waals surface area contributed by atoms with Crippen LogP contribution in [0.5, 0.6) is 5.75 Å². The fourth-order valence-electron chi connectivity index (χ4n) is 3.84. The molecule has 0 saturated carbocycles. The molecule has 1 fully saturated rings. The highest BCUT2D eigenvalue weighted by Gasteiger charge is 2.46. The van der Waals surface area contributed by atoms with Crippen molar-refractivity contribution in [3.63, 3.8) is 0 Å². The molecule has 0 spiro atoms. The van der Waals surface area contributed by atoms with Crippen LogP contribution in [0.4, 0.5) is 5.69 Å². The Bertz CT molecular complexity index is 710. The molecule has 0 bridgehead atoms. The molecule has 1 aromatic carbocycles. The molecule has 1 aromatic rings. The van der Waals surface area contributed by atoms with Crippen molar-refractivity contribution in [1.29, 1.82) is 0 Å². The zero-order valence-electron chi connectivity index (χ0n) is 16.3. The molecule has 8 heteroatoms. The molecule has 8 nitrogen and oxygen atoms in total. The Morgan fingerprint density at radius 2 is 2.14 bits per heavy atom. The Hall–Kier alpha value is -2.16. The highest BCUT2D eigenvalue weighted by molar-refractivity contribution is 5.91. The molecule has 0 aliphatic carbocycles. The summed E-state index contributed by atoms with van der Waals surface area (Å²) in [6.07, 6.45) is 0.640. The van der Waals surface area contributed by atoms with Gasteiger partial charge in [-0.05, 0) is 31.0 Å². The largest absolute Gasteiger partial charge is 0.487 e. The van der Waals surface area contributed by atoms with E-state index in [1.165, 1.54) is 7.11 Å². The smallest absolute Gasteiger partial charge is 0.250 e. The topological polar surface area (TPSA) is 106 Å². The maximum Gasteiger partial charge on any atom is 0.250 e. The van der Waals surface area contributed by atoms with E-state index < -0.39 is 6.10 Å². The van der Waals surface area contributed by atoms with Gasteiger partial charge in [-0.25, -0.2) is 0 Å². The molecule has 0 aromatic heterocycles. The molecule has 2 amide bonds. The van der Waals surface area contributed by atoms with E-state index in [0.717, 1.165) is 17.7 Å². The molecule has 0 unspecified atom stereocenters. The number of hydrogen-bond acceptors (Lipinski definition) is 6. The lowest BCUT2D eigenvalue weighted by atomic mass is 9.84. The molecule has 1 saturated heterocycles. The number of anilines is 1. The molecular weight excluding hydrogens is 364 g/mol. The number of rotatable bonds is 8. The fourth-order valence-corrected chi connectivity index (χ4v) is 3.84. The van der Waals surface area contributed by atoms with Crippen molar-refractivity contribution in [3.05, 3.63) is 23.8 Å². The summed E-state index contributed by atoms with van der Waals surface area (Å²) < 4.78 is 16.8. The van der Waals surface area contributed by atoms with Crippen molar-refractivity contribution in [2.75, 3.05) is 32.2 Å². The van der Waals surface area contributed by atoms with Gasteiger partial charge in [-0.2, -0.15) is 0 Å². The Morgan fingerprint density at radius 3 is 2.86 bits per heavy atom. The monoisotopic (exact) mass is 392 g/mol. The number of carbonyl (C=O) groups is 2. The maximum atomic E-state index is 12.1. The maximum absolute atomic E-state index is 12.1. The molecule has 28 heavy (non-hydrogen) atoms. The summed E-state index contributed by atoms with van der Waals surface area (Å²) in [5.41, 5.74) is 1.62. The van der Waals surface area contributed by atoms with Crippen molar-refractivity contribution < 1.29 is 28.9 Å². The summed E-state index contributed by atoms with van der Waals surface area (Å²) in [5, 5.41) is 15.4. The number of amides is 2. The minimum Gasteiger partial charge on any atom is -0.487 e. The Morgan fingerprint density at radius 1 is 1.32 bits per heavy atom. The van der Waals surface area contributed by atoms with Gasteiger partial charge in [-0.3, -0.25) is 9.59 Å². The Labute approximate surface area is 164 Å². The number of fused-ring (bicyclic) bond motifs is 3. The zero-order valence-corrected chi connectivity index (χ0v) is 16.3. The molecule has 0 radical (unpaired) electrons. The predicted octanol–water partition coefficient (Wildman–Crippen LogP) is 1.18. The van der Waals surface area contributed by atoms with E-state index >= 15 is 0 Å². The summed E-state index contributed by atoms with van der Waals surface area (Å²) in [6.45, 7) is 2.44. The molecule has 154 valence electrons. The van der Waals surface area contributed by atoms with Gasteiger partial charge < -0.3 is 30.0 Å². The minimum atomic E-state index is -0.498. The lowest BCUT2D eigenvalue weighted by molar-refractivity contribution is -0.142. The number of hydrogen-bond donors (Lipinski definition) is 3. The SMILES string of the molecule is CCCNC(=O)C[C@@H]1C[C@H]2c3cc(NC(=O)COC)ccc3O[C@H]2[C@@H](CO)O1. The van der Waals surface area contributed by atoms with E-state index in [1.807, 2.05) is 19.1 Å². The lowest BCUT2D eigenvalue weighted by Gasteiger charge is -2.37. The third kappa shape index (κ3) is 4.63. The van der Waals surface area contributed by atoms with Crippen molar-refractivity contribution in [2.45, 2.75) is 50.4 Å². The third-order valence-corrected chi connectivity index (χ3v) is 5.04. The van der Waals surface area contributed by atoms with E-state index in [1.54, 1.807) is 6.07 Å². The zero-order chi connectivity index (χ0) is 20.1. The first kappa shape index (κ1) is 20.6. The van der Waals surface area contributed by atoms with Gasteiger partial charge in [0, 0.05) is 30.8 Å². The summed E-state index contributed by atoms with van der Waals surface area (Å²) in [6, 6.07) is 5.48. The van der Waals surface area contributed by atoms with Gasteiger partial charge in [-0.1, -0.05) is 6.92 Å². The van der Waals surface area contributed by atoms with E-state index in [9.17, 15) is 14.7 Å². The number of aliphatic hydroxyl groups excluding tert-OH is 1. The van der Waals surface area contributed by atoms with Crippen LogP contribution in [-0.4, -0.2) is 62.1 Å². The summed E-state index contributed by atoms with van der Waals surface area (Å²) in [7, 11) is 1.47. The first-order valence-corrected chi connectivity index (χ1v) is 9.68. The van der Waals surface area contributed by atoms with Gasteiger partial charge in [0.25, 0.3) is 0 Å². The summed E-state index contributed by atoms with van der Waals surface area (Å²) in [4.78, 5) is 23.9. The van der Waals surface area contributed by atoms with Crippen molar-refractivity contribution in [1.82, 2.24) is 5.32 Å². The molecule has 2 heterocycles. The van der Waals surface area contributed by atoms with Crippen molar-refractivity contribution in [2.24, 2.45) is 0 Å². The molecule has 2 aliphatic heterocycles. The number of ether oxygens (including phenoxy) is 3. The lowest BCUT2D eigenvalue weighted by Crippen LogP contribution is -2.47. The fraction of sp³-hybridized carbons (Fsp3) is 0.600. The van der Waals surface area contributed by atoms with Gasteiger partial charge in [0.15, 0.2) is 0 Å². The summed E-state index contributed by atoms with van der Waals surface area (Å²) in [5.74, 6) is 0.423. The first-order chi connectivity index (χ1) is 13.5.